The number of hydrogen-bond acceptors (Lipinski definition) is 2. The van der Waals surface area contributed by atoms with E-state index >= 15 is 0 Å². The molecule has 0 saturated carbocycles. The summed E-state index contributed by atoms with van der Waals surface area (Å²) < 4.78 is 75.8. The summed E-state index contributed by atoms with van der Waals surface area (Å²) in [6, 6.07) is 1.40. The summed E-state index contributed by atoms with van der Waals surface area (Å²) in [5.74, 6) is 0.414. The molecular weight excluding hydrogens is 330 g/mol. The minimum Gasteiger partial charge on any atom is -0.288 e. The van der Waals surface area contributed by atoms with E-state index in [4.69, 9.17) is 0 Å². The minimum atomic E-state index is -4.85. The molecule has 1 aromatic rings. The van der Waals surface area contributed by atoms with Crippen LogP contribution in [0, 0.1) is 0 Å². The van der Waals surface area contributed by atoms with Gasteiger partial charge in [-0.25, -0.2) is 0 Å². The molecular formula is C14H12F6OS. The monoisotopic (exact) mass is 342 g/mol. The number of carbonyl (C=O) groups is 1. The molecule has 0 spiro atoms. The molecule has 0 unspecified atom stereocenters. The largest absolute Gasteiger partial charge is 0.416 e. The van der Waals surface area contributed by atoms with Gasteiger partial charge >= 0.3 is 12.4 Å². The Bertz CT molecular complexity index is 527. The van der Waals surface area contributed by atoms with E-state index < -0.39 is 23.5 Å². The number of benzene rings is 1. The lowest BCUT2D eigenvalue weighted by atomic mass is 10.0. The van der Waals surface area contributed by atoms with Gasteiger partial charge in [0, 0.05) is 12.7 Å². The molecule has 0 heterocycles. The summed E-state index contributed by atoms with van der Waals surface area (Å²) in [4.78, 5) is 10.7. The fourth-order valence-corrected chi connectivity index (χ4v) is 2.11. The third-order valence-electron chi connectivity index (χ3n) is 2.51. The molecule has 0 saturated heterocycles. The van der Waals surface area contributed by atoms with E-state index in [9.17, 15) is 31.1 Å². The van der Waals surface area contributed by atoms with E-state index in [1.165, 1.54) is 19.1 Å². The normalized spacial score (nSPS) is 12.9. The molecule has 0 aliphatic rings. The zero-order chi connectivity index (χ0) is 17.0. The van der Waals surface area contributed by atoms with Crippen molar-refractivity contribution in [2.24, 2.45) is 0 Å². The zero-order valence-electron chi connectivity index (χ0n) is 11.4. The van der Waals surface area contributed by atoms with Gasteiger partial charge in [0.15, 0.2) is 5.12 Å². The average molecular weight is 342 g/mol. The number of rotatable bonds is 4. The molecule has 0 aromatic heterocycles. The summed E-state index contributed by atoms with van der Waals surface area (Å²) in [5.41, 5.74) is -2.88. The van der Waals surface area contributed by atoms with Gasteiger partial charge in [-0.05, 0) is 30.2 Å². The van der Waals surface area contributed by atoms with Crippen molar-refractivity contribution in [2.45, 2.75) is 25.7 Å². The van der Waals surface area contributed by atoms with E-state index in [0.717, 1.165) is 11.8 Å². The first kappa shape index (κ1) is 18.6. The molecule has 1 nitrogen and oxygen atoms in total. The van der Waals surface area contributed by atoms with Crippen LogP contribution >= 0.6 is 11.8 Å². The lowest BCUT2D eigenvalue weighted by molar-refractivity contribution is -0.143. The van der Waals surface area contributed by atoms with Gasteiger partial charge in [0.25, 0.3) is 0 Å². The first-order valence-corrected chi connectivity index (χ1v) is 7.08. The maximum Gasteiger partial charge on any atom is 0.416 e. The van der Waals surface area contributed by atoms with E-state index in [1.54, 1.807) is 0 Å². The highest BCUT2D eigenvalue weighted by atomic mass is 32.2. The Morgan fingerprint density at radius 3 is 1.95 bits per heavy atom. The van der Waals surface area contributed by atoms with E-state index in [0.29, 0.717) is 24.3 Å². The van der Waals surface area contributed by atoms with Crippen LogP contribution in [0.25, 0.3) is 6.08 Å². The number of carbonyl (C=O) groups excluding carboxylic acids is 1. The predicted molar refractivity (Wildman–Crippen MR) is 73.2 cm³/mol. The summed E-state index contributed by atoms with van der Waals surface area (Å²) in [7, 11) is 0. The van der Waals surface area contributed by atoms with Crippen LogP contribution in [0.15, 0.2) is 24.3 Å². The summed E-state index contributed by atoms with van der Waals surface area (Å²) in [5, 5.41) is -0.105. The number of thioether (sulfide) groups is 1. The molecule has 0 fully saturated rings. The first-order chi connectivity index (χ1) is 10.00. The zero-order valence-corrected chi connectivity index (χ0v) is 12.2. The Kier molecular flexibility index (Phi) is 6.10. The molecule has 0 aliphatic heterocycles. The standard InChI is InChI=1S/C14H12F6OS/c1-9(21)22-5-3-2-4-10-6-11(13(15,16)17)8-12(7-10)14(18,19)20/h2,4,6-8H,3,5H2,1H3. The molecule has 1 rings (SSSR count). The highest BCUT2D eigenvalue weighted by molar-refractivity contribution is 8.13. The lowest BCUT2D eigenvalue weighted by Gasteiger charge is -2.12. The number of allylic oxidation sites excluding steroid dienone is 1. The Morgan fingerprint density at radius 1 is 1.05 bits per heavy atom. The van der Waals surface area contributed by atoms with Crippen molar-refractivity contribution in [3.8, 4) is 0 Å². The summed E-state index contributed by atoms with van der Waals surface area (Å²) in [6.45, 7) is 1.37. The minimum absolute atomic E-state index is 0.0863. The first-order valence-electron chi connectivity index (χ1n) is 6.09. The van der Waals surface area contributed by atoms with Gasteiger partial charge in [0.05, 0.1) is 11.1 Å². The van der Waals surface area contributed by atoms with Gasteiger partial charge in [-0.2, -0.15) is 26.3 Å². The summed E-state index contributed by atoms with van der Waals surface area (Å²) in [6.07, 6.45) is -6.72. The van der Waals surface area contributed by atoms with Crippen molar-refractivity contribution < 1.29 is 31.1 Å². The van der Waals surface area contributed by atoms with Crippen LogP contribution in [0.2, 0.25) is 0 Å². The van der Waals surface area contributed by atoms with Crippen LogP contribution in [0.3, 0.4) is 0 Å². The highest BCUT2D eigenvalue weighted by Gasteiger charge is 2.36. The van der Waals surface area contributed by atoms with Crippen LogP contribution in [0.5, 0.6) is 0 Å². The van der Waals surface area contributed by atoms with Gasteiger partial charge in [-0.15, -0.1) is 0 Å². The molecule has 0 aliphatic carbocycles. The quantitative estimate of drug-likeness (QED) is 0.538. The highest BCUT2D eigenvalue weighted by Crippen LogP contribution is 2.36. The third kappa shape index (κ3) is 6.13. The summed E-state index contributed by atoms with van der Waals surface area (Å²) >= 11 is 1.03. The van der Waals surface area contributed by atoms with Gasteiger partial charge in [-0.1, -0.05) is 23.9 Å². The smallest absolute Gasteiger partial charge is 0.288 e. The molecule has 0 bridgehead atoms. The molecule has 1 aromatic carbocycles. The Morgan fingerprint density at radius 2 is 1.55 bits per heavy atom. The molecule has 122 valence electrons. The average Bonchev–Trinajstić information content (AvgIpc) is 2.35. The van der Waals surface area contributed by atoms with Crippen LogP contribution in [-0.4, -0.2) is 10.9 Å². The number of halogens is 6. The van der Waals surface area contributed by atoms with E-state index in [2.05, 4.69) is 0 Å². The van der Waals surface area contributed by atoms with Gasteiger partial charge < -0.3 is 0 Å². The van der Waals surface area contributed by atoms with Crippen LogP contribution in [0.4, 0.5) is 26.3 Å². The van der Waals surface area contributed by atoms with Crippen molar-refractivity contribution in [1.82, 2.24) is 0 Å². The molecule has 0 N–H and O–H groups in total. The SMILES string of the molecule is CC(=O)SCCC=Cc1cc(C(F)(F)F)cc(C(F)(F)F)c1. The van der Waals surface area contributed by atoms with Crippen molar-refractivity contribution in [3.05, 3.63) is 41.0 Å². The Balaban J connectivity index is 2.99. The number of hydrogen-bond donors (Lipinski definition) is 0. The molecule has 0 amide bonds. The second-order valence-electron chi connectivity index (χ2n) is 4.37. The fourth-order valence-electron chi connectivity index (χ4n) is 1.57. The van der Waals surface area contributed by atoms with E-state index in [-0.39, 0.29) is 16.7 Å². The Hall–Kier alpha value is -1.44. The number of alkyl halides is 6. The van der Waals surface area contributed by atoms with Crippen molar-refractivity contribution in [2.75, 3.05) is 5.75 Å². The van der Waals surface area contributed by atoms with Crippen LogP contribution < -0.4 is 0 Å². The van der Waals surface area contributed by atoms with Gasteiger partial charge in [0.1, 0.15) is 0 Å². The van der Waals surface area contributed by atoms with E-state index in [1.807, 2.05) is 0 Å². The molecule has 0 radical (unpaired) electrons. The molecule has 22 heavy (non-hydrogen) atoms. The van der Waals surface area contributed by atoms with Crippen LogP contribution in [0.1, 0.15) is 30.0 Å². The van der Waals surface area contributed by atoms with Crippen LogP contribution in [-0.2, 0) is 17.1 Å². The maximum absolute atomic E-state index is 12.6. The van der Waals surface area contributed by atoms with Gasteiger partial charge in [-0.3, -0.25) is 4.79 Å². The topological polar surface area (TPSA) is 17.1 Å². The lowest BCUT2D eigenvalue weighted by Crippen LogP contribution is -2.11. The van der Waals surface area contributed by atoms with Gasteiger partial charge in [0.2, 0.25) is 0 Å². The molecule has 8 heteroatoms. The van der Waals surface area contributed by atoms with Crippen molar-refractivity contribution in [1.29, 1.82) is 0 Å². The third-order valence-corrected chi connectivity index (χ3v) is 3.36. The maximum atomic E-state index is 12.6. The molecule has 0 atom stereocenters. The predicted octanol–water partition coefficient (Wildman–Crippen LogP) is 5.41. The van der Waals surface area contributed by atoms with Crippen molar-refractivity contribution in [3.63, 3.8) is 0 Å². The van der Waals surface area contributed by atoms with Crippen molar-refractivity contribution >= 4 is 23.0 Å². The Labute approximate surface area is 127 Å². The second kappa shape index (κ2) is 7.21. The fraction of sp³-hybridized carbons (Fsp3) is 0.357. The second-order valence-corrected chi connectivity index (χ2v) is 5.64.